The number of carbonyl (C=O) groups is 4. The van der Waals surface area contributed by atoms with Gasteiger partial charge in [-0.3, -0.25) is 19.3 Å². The van der Waals surface area contributed by atoms with E-state index >= 15 is 0 Å². The number of Topliss-reactive ketones (excluding diaryl/α,β-unsaturated/α-hetero) is 2. The van der Waals surface area contributed by atoms with E-state index < -0.39 is 0 Å². The number of hydrogen-bond acceptors (Lipinski definition) is 6. The van der Waals surface area contributed by atoms with Crippen LogP contribution in [0.2, 0.25) is 0 Å². The molecular formula is C26H30N2O6. The molecular weight excluding hydrogens is 436 g/mol. The third-order valence-corrected chi connectivity index (χ3v) is 5.72. The van der Waals surface area contributed by atoms with Gasteiger partial charge in [-0.1, -0.05) is 38.1 Å². The van der Waals surface area contributed by atoms with Crippen molar-refractivity contribution in [3.63, 3.8) is 0 Å². The molecule has 0 bridgehead atoms. The zero-order chi connectivity index (χ0) is 24.7. The van der Waals surface area contributed by atoms with Crippen molar-refractivity contribution >= 4 is 34.9 Å². The maximum atomic E-state index is 11.8. The normalized spacial score (nSPS) is 17.7. The van der Waals surface area contributed by atoms with Crippen LogP contribution in [0.25, 0.3) is 0 Å². The number of hydrogen-bond donors (Lipinski definition) is 0. The minimum Gasteiger partial charge on any atom is -0.444 e. The standard InChI is InChI=1S/C15H18N2O4.C11H12O2/c1-2-13-9-17(15(19)21-13)12-5-3-11(4-6-12)16-7-8-20-10-14(16)18;1-3-11(13)10-7-5-4-6-9(10)8(2)12/h3-6,13H,2,7-10H2,1H3;4-7H,3H2,1-2H3. The molecule has 4 rings (SSSR count). The summed E-state index contributed by atoms with van der Waals surface area (Å²) >= 11 is 0. The van der Waals surface area contributed by atoms with Gasteiger partial charge in [0.25, 0.3) is 5.91 Å². The van der Waals surface area contributed by atoms with Gasteiger partial charge in [0.05, 0.1) is 13.2 Å². The van der Waals surface area contributed by atoms with Crippen LogP contribution in [-0.2, 0) is 14.3 Å². The summed E-state index contributed by atoms with van der Waals surface area (Å²) in [4.78, 5) is 49.4. The van der Waals surface area contributed by atoms with Gasteiger partial charge >= 0.3 is 6.09 Å². The van der Waals surface area contributed by atoms with Gasteiger partial charge in [-0.05, 0) is 37.6 Å². The van der Waals surface area contributed by atoms with Crippen molar-refractivity contribution in [3.05, 3.63) is 59.7 Å². The van der Waals surface area contributed by atoms with E-state index in [1.165, 1.54) is 6.92 Å². The largest absolute Gasteiger partial charge is 0.444 e. The van der Waals surface area contributed by atoms with E-state index in [1.54, 1.807) is 41.0 Å². The lowest BCUT2D eigenvalue weighted by atomic mass is 10.00. The molecule has 2 heterocycles. The molecule has 0 aromatic heterocycles. The van der Waals surface area contributed by atoms with Crippen LogP contribution < -0.4 is 9.80 Å². The Morgan fingerprint density at radius 3 is 2.09 bits per heavy atom. The average Bonchev–Trinajstić information content (AvgIpc) is 3.25. The fourth-order valence-electron chi connectivity index (χ4n) is 3.77. The molecule has 34 heavy (non-hydrogen) atoms. The summed E-state index contributed by atoms with van der Waals surface area (Å²) in [5, 5.41) is 0. The van der Waals surface area contributed by atoms with E-state index in [2.05, 4.69) is 0 Å². The second-order valence-electron chi connectivity index (χ2n) is 8.02. The predicted octanol–water partition coefficient (Wildman–Crippen LogP) is 4.27. The number of ketones is 2. The summed E-state index contributed by atoms with van der Waals surface area (Å²) in [6.07, 6.45) is 0.891. The number of anilines is 2. The van der Waals surface area contributed by atoms with Gasteiger partial charge in [0.2, 0.25) is 0 Å². The average molecular weight is 467 g/mol. The smallest absolute Gasteiger partial charge is 0.414 e. The zero-order valence-corrected chi connectivity index (χ0v) is 19.8. The first-order valence-corrected chi connectivity index (χ1v) is 11.4. The van der Waals surface area contributed by atoms with Gasteiger partial charge in [-0.2, -0.15) is 0 Å². The number of carbonyl (C=O) groups excluding carboxylic acids is 4. The van der Waals surface area contributed by atoms with Crippen molar-refractivity contribution in [2.45, 2.75) is 39.7 Å². The molecule has 2 amide bonds. The minimum atomic E-state index is -0.308. The SMILES string of the molecule is CCC(=O)c1ccccc1C(C)=O.CCC1CN(c2ccc(N3CCOCC3=O)cc2)C(=O)O1. The Hall–Kier alpha value is -3.52. The fourth-order valence-corrected chi connectivity index (χ4v) is 3.77. The molecule has 2 aromatic carbocycles. The Morgan fingerprint density at radius 2 is 1.56 bits per heavy atom. The first kappa shape index (κ1) is 25.1. The molecule has 1 unspecified atom stereocenters. The number of rotatable bonds is 6. The van der Waals surface area contributed by atoms with Gasteiger partial charge in [-0.15, -0.1) is 0 Å². The number of benzene rings is 2. The van der Waals surface area contributed by atoms with Crippen LogP contribution in [0, 0.1) is 0 Å². The Kier molecular flexibility index (Phi) is 8.54. The van der Waals surface area contributed by atoms with E-state index in [0.29, 0.717) is 37.2 Å². The molecule has 1 atom stereocenters. The molecule has 0 spiro atoms. The lowest BCUT2D eigenvalue weighted by molar-refractivity contribution is -0.125. The second-order valence-corrected chi connectivity index (χ2v) is 8.02. The number of ether oxygens (including phenoxy) is 2. The maximum Gasteiger partial charge on any atom is 0.414 e. The van der Waals surface area contributed by atoms with E-state index in [-0.39, 0.29) is 36.3 Å². The molecule has 8 nitrogen and oxygen atoms in total. The van der Waals surface area contributed by atoms with Crippen molar-refractivity contribution in [2.24, 2.45) is 0 Å². The molecule has 2 saturated heterocycles. The van der Waals surface area contributed by atoms with Gasteiger partial charge < -0.3 is 14.4 Å². The molecule has 0 radical (unpaired) electrons. The lowest BCUT2D eigenvalue weighted by Crippen LogP contribution is -2.41. The van der Waals surface area contributed by atoms with E-state index in [0.717, 1.165) is 17.8 Å². The summed E-state index contributed by atoms with van der Waals surface area (Å²) in [7, 11) is 0. The quantitative estimate of drug-likeness (QED) is 0.591. The fraction of sp³-hybridized carbons (Fsp3) is 0.385. The monoisotopic (exact) mass is 466 g/mol. The molecule has 2 aromatic rings. The Balaban J connectivity index is 0.000000215. The van der Waals surface area contributed by atoms with Crippen LogP contribution in [0.15, 0.2) is 48.5 Å². The zero-order valence-electron chi connectivity index (χ0n) is 19.8. The molecule has 0 aliphatic carbocycles. The summed E-state index contributed by atoms with van der Waals surface area (Å²) < 4.78 is 10.4. The third kappa shape index (κ3) is 5.88. The molecule has 2 aliphatic heterocycles. The van der Waals surface area contributed by atoms with E-state index in [4.69, 9.17) is 9.47 Å². The van der Waals surface area contributed by atoms with E-state index in [9.17, 15) is 19.2 Å². The van der Waals surface area contributed by atoms with Crippen LogP contribution in [0.1, 0.15) is 54.3 Å². The number of amides is 2. The maximum absolute atomic E-state index is 11.8. The first-order valence-electron chi connectivity index (χ1n) is 11.4. The molecule has 2 aliphatic rings. The highest BCUT2D eigenvalue weighted by Crippen LogP contribution is 2.26. The Morgan fingerprint density at radius 1 is 0.941 bits per heavy atom. The predicted molar refractivity (Wildman–Crippen MR) is 129 cm³/mol. The number of cyclic esters (lactones) is 1. The molecule has 8 heteroatoms. The van der Waals surface area contributed by atoms with Gasteiger partial charge in [0, 0.05) is 35.5 Å². The summed E-state index contributed by atoms with van der Waals surface area (Å²) in [5.74, 6) is -0.0798. The lowest BCUT2D eigenvalue weighted by Gasteiger charge is -2.27. The van der Waals surface area contributed by atoms with Crippen molar-refractivity contribution in [3.8, 4) is 0 Å². The molecule has 0 N–H and O–H groups in total. The van der Waals surface area contributed by atoms with Crippen molar-refractivity contribution in [1.82, 2.24) is 0 Å². The van der Waals surface area contributed by atoms with Crippen LogP contribution in [-0.4, -0.2) is 56.0 Å². The van der Waals surface area contributed by atoms with Gasteiger partial charge in [0.15, 0.2) is 11.6 Å². The highest BCUT2D eigenvalue weighted by atomic mass is 16.6. The van der Waals surface area contributed by atoms with Crippen LogP contribution in [0.5, 0.6) is 0 Å². The highest BCUT2D eigenvalue weighted by molar-refractivity contribution is 6.07. The summed E-state index contributed by atoms with van der Waals surface area (Å²) in [5.41, 5.74) is 2.68. The van der Waals surface area contributed by atoms with Crippen LogP contribution >= 0.6 is 0 Å². The van der Waals surface area contributed by atoms with Crippen molar-refractivity contribution in [1.29, 1.82) is 0 Å². The first-order chi connectivity index (χ1) is 16.3. The Labute approximate surface area is 199 Å². The molecule has 0 saturated carbocycles. The molecule has 180 valence electrons. The Bertz CT molecular complexity index is 1050. The highest BCUT2D eigenvalue weighted by Gasteiger charge is 2.31. The van der Waals surface area contributed by atoms with Gasteiger partial charge in [0.1, 0.15) is 12.7 Å². The van der Waals surface area contributed by atoms with Crippen molar-refractivity contribution in [2.75, 3.05) is 36.1 Å². The van der Waals surface area contributed by atoms with Crippen molar-refractivity contribution < 1.29 is 28.7 Å². The van der Waals surface area contributed by atoms with Crippen LogP contribution in [0.4, 0.5) is 16.2 Å². The second kappa shape index (κ2) is 11.6. The van der Waals surface area contributed by atoms with Crippen LogP contribution in [0.3, 0.4) is 0 Å². The number of nitrogens with zero attached hydrogens (tertiary/aromatic N) is 2. The summed E-state index contributed by atoms with van der Waals surface area (Å²) in [6, 6.07) is 14.3. The van der Waals surface area contributed by atoms with Gasteiger partial charge in [-0.25, -0.2) is 4.79 Å². The molecule has 2 fully saturated rings. The summed E-state index contributed by atoms with van der Waals surface area (Å²) in [6.45, 7) is 7.06. The van der Waals surface area contributed by atoms with E-state index in [1.807, 2.05) is 31.2 Å². The number of morpholine rings is 1. The minimum absolute atomic E-state index is 0.0193. The topological polar surface area (TPSA) is 93.2 Å². The third-order valence-electron chi connectivity index (χ3n) is 5.72.